The second kappa shape index (κ2) is 6.95. The van der Waals surface area contributed by atoms with Gasteiger partial charge in [0.2, 0.25) is 6.41 Å². The molecule has 1 aromatic carbocycles. The molecule has 8 heteroatoms. The minimum atomic E-state index is 0.101. The first-order chi connectivity index (χ1) is 14.0. The number of carbonyl (C=O) groups excluding carboxylic acids is 1. The fourth-order valence-electron chi connectivity index (χ4n) is 3.99. The van der Waals surface area contributed by atoms with Crippen LogP contribution >= 0.6 is 0 Å². The van der Waals surface area contributed by atoms with E-state index in [9.17, 15) is 10.1 Å². The van der Waals surface area contributed by atoms with Gasteiger partial charge in [-0.2, -0.15) is 5.26 Å². The predicted molar refractivity (Wildman–Crippen MR) is 112 cm³/mol. The molecule has 0 fully saturated rings. The molecule has 4 aromatic rings. The molecule has 0 aliphatic carbocycles. The third-order valence-corrected chi connectivity index (χ3v) is 5.21. The van der Waals surface area contributed by atoms with E-state index >= 15 is 0 Å². The monoisotopic (exact) mass is 387 g/mol. The fourth-order valence-corrected chi connectivity index (χ4v) is 3.99. The molecule has 0 saturated heterocycles. The van der Waals surface area contributed by atoms with Crippen molar-refractivity contribution in [2.24, 2.45) is 7.05 Å². The topological polar surface area (TPSA) is 115 Å². The number of anilines is 1. The van der Waals surface area contributed by atoms with Crippen LogP contribution in [0.3, 0.4) is 0 Å². The first-order valence-corrected chi connectivity index (χ1v) is 9.28. The Morgan fingerprint density at radius 3 is 2.79 bits per heavy atom. The highest BCUT2D eigenvalue weighted by atomic mass is 16.1. The van der Waals surface area contributed by atoms with Crippen molar-refractivity contribution >= 4 is 34.2 Å². The number of rotatable bonds is 5. The van der Waals surface area contributed by atoms with E-state index in [1.165, 1.54) is 6.33 Å². The van der Waals surface area contributed by atoms with Gasteiger partial charge in [-0.25, -0.2) is 9.97 Å². The molecule has 3 N–H and O–H groups in total. The van der Waals surface area contributed by atoms with Gasteiger partial charge in [-0.3, -0.25) is 4.79 Å². The largest absolute Gasteiger partial charge is 0.383 e. The van der Waals surface area contributed by atoms with Gasteiger partial charge in [0.15, 0.2) is 0 Å². The zero-order valence-electron chi connectivity index (χ0n) is 16.5. The van der Waals surface area contributed by atoms with Crippen molar-refractivity contribution in [3.63, 3.8) is 0 Å². The number of aromatic nitrogens is 4. The lowest BCUT2D eigenvalue weighted by molar-refractivity contribution is -0.109. The molecule has 0 atom stereocenters. The number of nitrogens with one attached hydrogen (secondary N) is 1. The number of fused-ring (bicyclic) bond motifs is 2. The van der Waals surface area contributed by atoms with Crippen molar-refractivity contribution in [2.75, 3.05) is 5.73 Å². The number of nitrogens with two attached hydrogens (primary N) is 1. The number of nitrogen functional groups attached to an aromatic ring is 1. The molecule has 29 heavy (non-hydrogen) atoms. The van der Waals surface area contributed by atoms with Gasteiger partial charge in [-0.1, -0.05) is 6.07 Å². The summed E-state index contributed by atoms with van der Waals surface area (Å²) in [4.78, 5) is 19.8. The van der Waals surface area contributed by atoms with Crippen molar-refractivity contribution in [2.45, 2.75) is 26.4 Å². The summed E-state index contributed by atoms with van der Waals surface area (Å²) in [6, 6.07) is 9.95. The first kappa shape index (κ1) is 18.5. The van der Waals surface area contributed by atoms with E-state index in [1.54, 1.807) is 6.07 Å². The Kier molecular flexibility index (Phi) is 4.43. The Morgan fingerprint density at radius 1 is 1.31 bits per heavy atom. The Morgan fingerprint density at radius 2 is 2.10 bits per heavy atom. The second-order valence-electron chi connectivity index (χ2n) is 7.22. The summed E-state index contributed by atoms with van der Waals surface area (Å²) in [5.41, 5.74) is 11.3. The van der Waals surface area contributed by atoms with Crippen molar-refractivity contribution in [1.29, 1.82) is 5.26 Å². The fraction of sp³-hybridized carbons (Fsp3) is 0.238. The average Bonchev–Trinajstić information content (AvgIpc) is 3.21. The van der Waals surface area contributed by atoms with Gasteiger partial charge in [0.05, 0.1) is 29.3 Å². The number of benzene rings is 1. The molecule has 0 unspecified atom stereocenters. The Bertz CT molecular complexity index is 1290. The maximum absolute atomic E-state index is 11.1. The lowest BCUT2D eigenvalue weighted by atomic mass is 10.1. The van der Waals surface area contributed by atoms with E-state index in [0.29, 0.717) is 24.3 Å². The van der Waals surface area contributed by atoms with E-state index in [4.69, 9.17) is 5.73 Å². The second-order valence-corrected chi connectivity index (χ2v) is 7.22. The molecule has 0 spiro atoms. The number of nitriles is 1. The molecule has 1 amide bonds. The van der Waals surface area contributed by atoms with Crippen LogP contribution < -0.4 is 11.1 Å². The van der Waals surface area contributed by atoms with Crippen LogP contribution in [0, 0.1) is 11.3 Å². The number of carbonyl (C=O) groups is 1. The quantitative estimate of drug-likeness (QED) is 0.511. The van der Waals surface area contributed by atoms with Crippen molar-refractivity contribution < 1.29 is 4.79 Å². The van der Waals surface area contributed by atoms with Gasteiger partial charge in [-0.05, 0) is 32.0 Å². The van der Waals surface area contributed by atoms with Crippen molar-refractivity contribution in [1.82, 2.24) is 24.4 Å². The summed E-state index contributed by atoms with van der Waals surface area (Å²) >= 11 is 0. The number of aryl methyl sites for hydroxylation is 1. The van der Waals surface area contributed by atoms with Crippen LogP contribution in [0.5, 0.6) is 0 Å². The smallest absolute Gasteiger partial charge is 0.207 e. The van der Waals surface area contributed by atoms with Crippen molar-refractivity contribution in [3.8, 4) is 17.3 Å². The van der Waals surface area contributed by atoms with Crippen LogP contribution in [-0.2, 0) is 18.4 Å². The zero-order chi connectivity index (χ0) is 20.7. The highest BCUT2D eigenvalue weighted by Crippen LogP contribution is 2.40. The first-order valence-electron chi connectivity index (χ1n) is 9.28. The Balaban J connectivity index is 2.13. The van der Waals surface area contributed by atoms with Crippen LogP contribution in [0.15, 0.2) is 30.6 Å². The standard InChI is InChI=1S/C21H21N7O/c1-12(2)28-17(9-24-11-29)18(19-20(23)25-10-26-21(19)28)16-7-14-5-4-13(8-22)6-15(14)27(16)3/h4-7,10-12H,9H2,1-3H3,(H,24,29)(H2,23,25,26). The van der Waals surface area contributed by atoms with E-state index < -0.39 is 0 Å². The number of nitrogens with zero attached hydrogens (tertiary/aromatic N) is 5. The molecule has 0 bridgehead atoms. The van der Waals surface area contributed by atoms with Crippen LogP contribution in [0.1, 0.15) is 31.1 Å². The molecule has 146 valence electrons. The highest BCUT2D eigenvalue weighted by Gasteiger charge is 2.25. The van der Waals surface area contributed by atoms with E-state index in [0.717, 1.165) is 38.9 Å². The normalized spacial score (nSPS) is 11.3. The van der Waals surface area contributed by atoms with Gasteiger partial charge in [0.1, 0.15) is 17.8 Å². The molecule has 4 rings (SSSR count). The number of hydrogen-bond donors (Lipinski definition) is 2. The summed E-state index contributed by atoms with van der Waals surface area (Å²) < 4.78 is 4.12. The summed E-state index contributed by atoms with van der Waals surface area (Å²) in [6.07, 6.45) is 2.14. The third-order valence-electron chi connectivity index (χ3n) is 5.21. The average molecular weight is 387 g/mol. The van der Waals surface area contributed by atoms with Crippen LogP contribution in [-0.4, -0.2) is 25.5 Å². The van der Waals surface area contributed by atoms with Gasteiger partial charge in [-0.15, -0.1) is 0 Å². The molecule has 8 nitrogen and oxygen atoms in total. The van der Waals surface area contributed by atoms with Gasteiger partial charge >= 0.3 is 0 Å². The van der Waals surface area contributed by atoms with Crippen LogP contribution in [0.4, 0.5) is 5.82 Å². The summed E-state index contributed by atoms with van der Waals surface area (Å²) in [7, 11) is 1.95. The lowest BCUT2D eigenvalue weighted by Gasteiger charge is -2.15. The summed E-state index contributed by atoms with van der Waals surface area (Å²) in [6.45, 7) is 4.46. The minimum absolute atomic E-state index is 0.101. The van der Waals surface area contributed by atoms with Crippen molar-refractivity contribution in [3.05, 3.63) is 41.9 Å². The molecule has 0 saturated carbocycles. The SMILES string of the molecule is CC(C)n1c(CNC=O)c(-c2cc3ccc(C#N)cc3n2C)c2c(N)ncnc21. The van der Waals surface area contributed by atoms with E-state index in [2.05, 4.69) is 45.8 Å². The zero-order valence-corrected chi connectivity index (χ0v) is 16.5. The molecular weight excluding hydrogens is 366 g/mol. The molecule has 3 aromatic heterocycles. The number of amides is 1. The van der Waals surface area contributed by atoms with Gasteiger partial charge in [0, 0.05) is 35.2 Å². The molecule has 0 radical (unpaired) electrons. The molecule has 0 aliphatic rings. The maximum Gasteiger partial charge on any atom is 0.207 e. The van der Waals surface area contributed by atoms with Gasteiger partial charge in [0.25, 0.3) is 0 Å². The highest BCUT2D eigenvalue weighted by molar-refractivity contribution is 6.04. The van der Waals surface area contributed by atoms with Gasteiger partial charge < -0.3 is 20.2 Å². The Hall–Kier alpha value is -3.86. The molecular formula is C21H21N7O. The van der Waals surface area contributed by atoms with E-state index in [-0.39, 0.29) is 6.04 Å². The Labute approximate surface area is 167 Å². The number of hydrogen-bond acceptors (Lipinski definition) is 5. The molecule has 0 aliphatic heterocycles. The van der Waals surface area contributed by atoms with Crippen LogP contribution in [0.25, 0.3) is 33.2 Å². The van der Waals surface area contributed by atoms with E-state index in [1.807, 2.05) is 23.7 Å². The summed E-state index contributed by atoms with van der Waals surface area (Å²) in [5.74, 6) is 0.389. The lowest BCUT2D eigenvalue weighted by Crippen LogP contribution is -2.16. The summed E-state index contributed by atoms with van der Waals surface area (Å²) in [5, 5.41) is 13.8. The molecule has 3 heterocycles. The van der Waals surface area contributed by atoms with Crippen LogP contribution in [0.2, 0.25) is 0 Å². The predicted octanol–water partition coefficient (Wildman–Crippen LogP) is 2.87. The maximum atomic E-state index is 11.1. The minimum Gasteiger partial charge on any atom is -0.383 e. The third kappa shape index (κ3) is 2.79.